The molecule has 0 heterocycles. The van der Waals surface area contributed by atoms with E-state index in [1.54, 1.807) is 0 Å². The van der Waals surface area contributed by atoms with Crippen LogP contribution in [0.25, 0.3) is 0 Å². The predicted octanol–water partition coefficient (Wildman–Crippen LogP) is 3.61. The van der Waals surface area contributed by atoms with Crippen LogP contribution in [0.15, 0.2) is 18.2 Å². The van der Waals surface area contributed by atoms with E-state index < -0.39 is 0 Å². The summed E-state index contributed by atoms with van der Waals surface area (Å²) in [6.07, 6.45) is 7.81. The number of hydrogen-bond donors (Lipinski definition) is 2. The zero-order chi connectivity index (χ0) is 14.9. The van der Waals surface area contributed by atoms with Gasteiger partial charge in [-0.2, -0.15) is 0 Å². The fourth-order valence-corrected chi connectivity index (χ4v) is 3.16. The maximum absolute atomic E-state index is 8.76. The third-order valence-corrected chi connectivity index (χ3v) is 4.22. The van der Waals surface area contributed by atoms with Crippen molar-refractivity contribution in [3.63, 3.8) is 0 Å². The van der Waals surface area contributed by atoms with Gasteiger partial charge in [-0.15, -0.1) is 0 Å². The first kappa shape index (κ1) is 16.3. The van der Waals surface area contributed by atoms with Gasteiger partial charge in [-0.25, -0.2) is 0 Å². The van der Waals surface area contributed by atoms with Gasteiger partial charge >= 0.3 is 0 Å². The Morgan fingerprint density at radius 2 is 2.10 bits per heavy atom. The number of aliphatic hydroxyl groups excluding tert-OH is 1. The lowest BCUT2D eigenvalue weighted by atomic mass is 9.87. The van der Waals surface area contributed by atoms with Gasteiger partial charge < -0.3 is 15.2 Å². The maximum Gasteiger partial charge on any atom is 0.122 e. The number of hydrogen-bond acceptors (Lipinski definition) is 3. The minimum atomic E-state index is 0.304. The molecular formula is C18H29NO2. The first-order valence-corrected chi connectivity index (χ1v) is 8.45. The highest BCUT2D eigenvalue weighted by molar-refractivity contribution is 5.43. The van der Waals surface area contributed by atoms with Gasteiger partial charge in [0.25, 0.3) is 0 Å². The smallest absolute Gasteiger partial charge is 0.122 e. The van der Waals surface area contributed by atoms with Crippen molar-refractivity contribution in [1.29, 1.82) is 0 Å². The summed E-state index contributed by atoms with van der Waals surface area (Å²) in [6, 6.07) is 6.97. The number of fused-ring (bicyclic) bond motifs is 1. The van der Waals surface area contributed by atoms with E-state index in [1.807, 2.05) is 0 Å². The van der Waals surface area contributed by atoms with Crippen molar-refractivity contribution in [2.24, 2.45) is 0 Å². The summed E-state index contributed by atoms with van der Waals surface area (Å²) in [5, 5.41) is 12.3. The van der Waals surface area contributed by atoms with Gasteiger partial charge in [-0.1, -0.05) is 25.5 Å². The lowest BCUT2D eigenvalue weighted by Crippen LogP contribution is -2.25. The molecule has 0 aromatic heterocycles. The molecule has 0 radical (unpaired) electrons. The largest absolute Gasteiger partial charge is 0.493 e. The zero-order valence-electron chi connectivity index (χ0n) is 13.2. The Kier molecular flexibility index (Phi) is 7.04. The van der Waals surface area contributed by atoms with E-state index in [0.717, 1.165) is 51.0 Å². The summed E-state index contributed by atoms with van der Waals surface area (Å²) in [7, 11) is 0. The van der Waals surface area contributed by atoms with Crippen LogP contribution in [0.1, 0.15) is 62.6 Å². The van der Waals surface area contributed by atoms with Gasteiger partial charge in [0.05, 0.1) is 6.61 Å². The SMILES string of the molecule is CCNC1CCCc2c(OCCCCCCO)cccc21. The molecule has 0 spiro atoms. The van der Waals surface area contributed by atoms with Crippen LogP contribution >= 0.6 is 0 Å². The molecule has 3 nitrogen and oxygen atoms in total. The molecule has 0 saturated carbocycles. The molecule has 3 heteroatoms. The first-order valence-electron chi connectivity index (χ1n) is 8.45. The van der Waals surface area contributed by atoms with Gasteiger partial charge in [0.15, 0.2) is 0 Å². The summed E-state index contributed by atoms with van der Waals surface area (Å²) in [5.41, 5.74) is 2.84. The van der Waals surface area contributed by atoms with Crippen LogP contribution in [-0.2, 0) is 6.42 Å². The van der Waals surface area contributed by atoms with E-state index in [2.05, 4.69) is 30.4 Å². The minimum Gasteiger partial charge on any atom is -0.493 e. The average molecular weight is 291 g/mol. The normalized spacial score (nSPS) is 17.5. The van der Waals surface area contributed by atoms with Crippen molar-refractivity contribution in [1.82, 2.24) is 5.32 Å². The molecule has 1 aromatic carbocycles. The van der Waals surface area contributed by atoms with Crippen LogP contribution in [0, 0.1) is 0 Å². The highest BCUT2D eigenvalue weighted by Crippen LogP contribution is 2.35. The van der Waals surface area contributed by atoms with Crippen molar-refractivity contribution in [2.45, 2.75) is 57.9 Å². The highest BCUT2D eigenvalue weighted by Gasteiger charge is 2.21. The van der Waals surface area contributed by atoms with Crippen LogP contribution in [0.2, 0.25) is 0 Å². The van der Waals surface area contributed by atoms with Crippen molar-refractivity contribution >= 4 is 0 Å². The van der Waals surface area contributed by atoms with E-state index >= 15 is 0 Å². The molecule has 1 aromatic rings. The van der Waals surface area contributed by atoms with Crippen LogP contribution in [-0.4, -0.2) is 24.9 Å². The van der Waals surface area contributed by atoms with Gasteiger partial charge in [-0.3, -0.25) is 0 Å². The maximum atomic E-state index is 8.76. The zero-order valence-corrected chi connectivity index (χ0v) is 13.2. The Morgan fingerprint density at radius 1 is 1.24 bits per heavy atom. The van der Waals surface area contributed by atoms with Gasteiger partial charge in [0.1, 0.15) is 5.75 Å². The topological polar surface area (TPSA) is 41.5 Å². The second kappa shape index (κ2) is 9.06. The third-order valence-electron chi connectivity index (χ3n) is 4.22. The molecular weight excluding hydrogens is 262 g/mol. The number of unbranched alkanes of at least 4 members (excludes halogenated alkanes) is 3. The molecule has 21 heavy (non-hydrogen) atoms. The molecule has 0 fully saturated rings. The van der Waals surface area contributed by atoms with Crippen molar-refractivity contribution in [3.05, 3.63) is 29.3 Å². The molecule has 1 aliphatic rings. The van der Waals surface area contributed by atoms with E-state index in [1.165, 1.54) is 24.0 Å². The summed E-state index contributed by atoms with van der Waals surface area (Å²) in [4.78, 5) is 0. The first-order chi connectivity index (χ1) is 10.4. The number of nitrogens with one attached hydrogen (secondary N) is 1. The quantitative estimate of drug-likeness (QED) is 0.683. The highest BCUT2D eigenvalue weighted by atomic mass is 16.5. The van der Waals surface area contributed by atoms with E-state index in [4.69, 9.17) is 9.84 Å². The molecule has 1 unspecified atom stereocenters. The minimum absolute atomic E-state index is 0.304. The summed E-state index contributed by atoms with van der Waals surface area (Å²) in [6.45, 7) is 4.27. The fraction of sp³-hybridized carbons (Fsp3) is 0.667. The molecule has 118 valence electrons. The van der Waals surface area contributed by atoms with Gasteiger partial charge in [-0.05, 0) is 62.3 Å². The van der Waals surface area contributed by atoms with E-state index in [9.17, 15) is 0 Å². The van der Waals surface area contributed by atoms with Crippen molar-refractivity contribution in [2.75, 3.05) is 19.8 Å². The van der Waals surface area contributed by atoms with E-state index in [-0.39, 0.29) is 0 Å². The van der Waals surface area contributed by atoms with Crippen LogP contribution in [0.5, 0.6) is 5.75 Å². The lowest BCUT2D eigenvalue weighted by molar-refractivity contribution is 0.272. The fourth-order valence-electron chi connectivity index (χ4n) is 3.16. The molecule has 0 bridgehead atoms. The van der Waals surface area contributed by atoms with Crippen LogP contribution < -0.4 is 10.1 Å². The van der Waals surface area contributed by atoms with Crippen LogP contribution in [0.4, 0.5) is 0 Å². The second-order valence-corrected chi connectivity index (χ2v) is 5.81. The number of ether oxygens (including phenoxy) is 1. The Balaban J connectivity index is 1.90. The lowest BCUT2D eigenvalue weighted by Gasteiger charge is -2.27. The number of rotatable bonds is 9. The van der Waals surface area contributed by atoms with Gasteiger partial charge in [0.2, 0.25) is 0 Å². The molecule has 2 N–H and O–H groups in total. The summed E-state index contributed by atoms with van der Waals surface area (Å²) < 4.78 is 6.02. The van der Waals surface area contributed by atoms with Gasteiger partial charge in [0, 0.05) is 12.6 Å². The molecule has 1 atom stereocenters. The Morgan fingerprint density at radius 3 is 2.90 bits per heavy atom. The van der Waals surface area contributed by atoms with Crippen molar-refractivity contribution < 1.29 is 9.84 Å². The standard InChI is InChI=1S/C18H29NO2/c1-2-19-17-11-7-10-16-15(17)9-8-12-18(16)21-14-6-4-3-5-13-20/h8-9,12,17,19-20H,2-7,10-11,13-14H2,1H3. The Bertz CT molecular complexity index is 420. The van der Waals surface area contributed by atoms with Crippen molar-refractivity contribution in [3.8, 4) is 5.75 Å². The molecule has 0 amide bonds. The second-order valence-electron chi connectivity index (χ2n) is 5.81. The Labute approximate surface area is 128 Å². The third kappa shape index (κ3) is 4.72. The molecule has 0 aliphatic heterocycles. The Hall–Kier alpha value is -1.06. The van der Waals surface area contributed by atoms with E-state index in [0.29, 0.717) is 12.6 Å². The van der Waals surface area contributed by atoms with Crippen LogP contribution in [0.3, 0.4) is 0 Å². The monoisotopic (exact) mass is 291 g/mol. The number of aliphatic hydroxyl groups is 1. The predicted molar refractivity (Wildman–Crippen MR) is 86.8 cm³/mol. The molecule has 1 aliphatic carbocycles. The number of benzene rings is 1. The summed E-state index contributed by atoms with van der Waals surface area (Å²) >= 11 is 0. The molecule has 2 rings (SSSR count). The molecule has 0 saturated heterocycles. The average Bonchev–Trinajstić information content (AvgIpc) is 2.51. The summed E-state index contributed by atoms with van der Waals surface area (Å²) in [5.74, 6) is 1.08.